The summed E-state index contributed by atoms with van der Waals surface area (Å²) in [4.78, 5) is 0. The SMILES string of the molecule is C=CC=CC=CC1C=CC=CC1. The summed E-state index contributed by atoms with van der Waals surface area (Å²) in [6, 6.07) is 0. The van der Waals surface area contributed by atoms with E-state index in [1.54, 1.807) is 6.08 Å². The third kappa shape index (κ3) is 3.20. The Kier molecular flexibility index (Phi) is 3.93. The minimum atomic E-state index is 0.574. The lowest BCUT2D eigenvalue weighted by molar-refractivity contribution is 0.822. The van der Waals surface area contributed by atoms with E-state index in [0.717, 1.165) is 6.42 Å². The molecule has 0 N–H and O–H groups in total. The fourth-order valence-corrected chi connectivity index (χ4v) is 1.09. The summed E-state index contributed by atoms with van der Waals surface area (Å²) >= 11 is 0. The molecule has 1 atom stereocenters. The van der Waals surface area contributed by atoms with E-state index >= 15 is 0 Å². The van der Waals surface area contributed by atoms with E-state index in [1.165, 1.54) is 0 Å². The third-order valence-electron chi connectivity index (χ3n) is 1.73. The lowest BCUT2D eigenvalue weighted by Crippen LogP contribution is -1.91. The van der Waals surface area contributed by atoms with E-state index in [1.807, 2.05) is 12.2 Å². The Bertz CT molecular complexity index is 239. The van der Waals surface area contributed by atoms with Gasteiger partial charge in [-0.1, -0.05) is 61.3 Å². The molecule has 62 valence electrons. The van der Waals surface area contributed by atoms with Crippen LogP contribution >= 0.6 is 0 Å². The second-order valence-corrected chi connectivity index (χ2v) is 2.72. The van der Waals surface area contributed by atoms with E-state index < -0.39 is 0 Å². The van der Waals surface area contributed by atoms with Gasteiger partial charge >= 0.3 is 0 Å². The number of hydrogen-bond donors (Lipinski definition) is 0. The number of hydrogen-bond acceptors (Lipinski definition) is 0. The Morgan fingerprint density at radius 1 is 1.17 bits per heavy atom. The molecular formula is C12H14. The fraction of sp³-hybridized carbons (Fsp3) is 0.167. The van der Waals surface area contributed by atoms with E-state index in [4.69, 9.17) is 0 Å². The number of allylic oxidation sites excluding steroid dienone is 9. The summed E-state index contributed by atoms with van der Waals surface area (Å²) in [7, 11) is 0. The van der Waals surface area contributed by atoms with Gasteiger partial charge in [0.1, 0.15) is 0 Å². The highest BCUT2D eigenvalue weighted by atomic mass is 14.0. The first-order valence-corrected chi connectivity index (χ1v) is 4.22. The van der Waals surface area contributed by atoms with E-state index in [2.05, 4.69) is 43.0 Å². The Morgan fingerprint density at radius 2 is 2.08 bits per heavy atom. The molecule has 1 aliphatic rings. The van der Waals surface area contributed by atoms with Gasteiger partial charge in [-0.2, -0.15) is 0 Å². The molecule has 0 aliphatic heterocycles. The Morgan fingerprint density at radius 3 is 2.75 bits per heavy atom. The van der Waals surface area contributed by atoms with Crippen LogP contribution in [0.5, 0.6) is 0 Å². The summed E-state index contributed by atoms with van der Waals surface area (Å²) in [5.41, 5.74) is 0. The summed E-state index contributed by atoms with van der Waals surface area (Å²) < 4.78 is 0. The van der Waals surface area contributed by atoms with Gasteiger partial charge in [-0.15, -0.1) is 0 Å². The topological polar surface area (TPSA) is 0 Å². The van der Waals surface area contributed by atoms with Crippen LogP contribution in [0.2, 0.25) is 0 Å². The lowest BCUT2D eigenvalue weighted by Gasteiger charge is -2.05. The van der Waals surface area contributed by atoms with E-state index in [-0.39, 0.29) is 0 Å². The van der Waals surface area contributed by atoms with Crippen molar-refractivity contribution in [2.75, 3.05) is 0 Å². The highest BCUT2D eigenvalue weighted by Crippen LogP contribution is 2.12. The molecule has 0 aromatic rings. The van der Waals surface area contributed by atoms with Crippen LogP contribution in [0.3, 0.4) is 0 Å². The molecular weight excluding hydrogens is 144 g/mol. The van der Waals surface area contributed by atoms with Crippen LogP contribution < -0.4 is 0 Å². The van der Waals surface area contributed by atoms with Crippen molar-refractivity contribution >= 4 is 0 Å². The second kappa shape index (κ2) is 5.36. The maximum absolute atomic E-state index is 3.60. The quantitative estimate of drug-likeness (QED) is 0.552. The van der Waals surface area contributed by atoms with Crippen LogP contribution in [0.15, 0.2) is 61.3 Å². The molecule has 1 aliphatic carbocycles. The molecule has 0 amide bonds. The van der Waals surface area contributed by atoms with Gasteiger partial charge in [0.15, 0.2) is 0 Å². The molecule has 0 saturated carbocycles. The largest absolute Gasteiger partial charge is 0.0991 e. The van der Waals surface area contributed by atoms with Gasteiger partial charge in [0, 0.05) is 0 Å². The monoisotopic (exact) mass is 158 g/mol. The Labute approximate surface area is 74.3 Å². The number of rotatable bonds is 3. The zero-order valence-electron chi connectivity index (χ0n) is 7.19. The first kappa shape index (κ1) is 8.79. The van der Waals surface area contributed by atoms with Gasteiger partial charge in [0.25, 0.3) is 0 Å². The molecule has 12 heavy (non-hydrogen) atoms. The maximum Gasteiger partial charge on any atom is -0.00126 e. The Balaban J connectivity index is 2.35. The zero-order chi connectivity index (χ0) is 8.65. The third-order valence-corrected chi connectivity index (χ3v) is 1.73. The van der Waals surface area contributed by atoms with Crippen molar-refractivity contribution in [3.05, 3.63) is 61.3 Å². The van der Waals surface area contributed by atoms with Crippen molar-refractivity contribution in [1.29, 1.82) is 0 Å². The van der Waals surface area contributed by atoms with Crippen LogP contribution in [0.25, 0.3) is 0 Å². The van der Waals surface area contributed by atoms with Crippen LogP contribution in [0.1, 0.15) is 6.42 Å². The Hall–Kier alpha value is -1.30. The van der Waals surface area contributed by atoms with Crippen molar-refractivity contribution in [2.45, 2.75) is 6.42 Å². The molecule has 0 aromatic carbocycles. The maximum atomic E-state index is 3.60. The van der Waals surface area contributed by atoms with E-state index in [0.29, 0.717) is 5.92 Å². The molecule has 0 nitrogen and oxygen atoms in total. The summed E-state index contributed by atoms with van der Waals surface area (Å²) in [5, 5.41) is 0. The lowest BCUT2D eigenvalue weighted by atomic mass is 10.0. The van der Waals surface area contributed by atoms with Crippen LogP contribution in [0.4, 0.5) is 0 Å². The first-order valence-electron chi connectivity index (χ1n) is 4.22. The van der Waals surface area contributed by atoms with Crippen LogP contribution in [-0.2, 0) is 0 Å². The highest BCUT2D eigenvalue weighted by Gasteiger charge is 1.97. The van der Waals surface area contributed by atoms with Gasteiger partial charge in [-0.25, -0.2) is 0 Å². The summed E-state index contributed by atoms with van der Waals surface area (Å²) in [6.07, 6.45) is 19.7. The van der Waals surface area contributed by atoms with E-state index in [9.17, 15) is 0 Å². The molecule has 0 heterocycles. The van der Waals surface area contributed by atoms with Crippen LogP contribution in [-0.4, -0.2) is 0 Å². The normalized spacial score (nSPS) is 22.5. The second-order valence-electron chi connectivity index (χ2n) is 2.72. The summed E-state index contributed by atoms with van der Waals surface area (Å²) in [5.74, 6) is 0.574. The molecule has 0 heteroatoms. The predicted molar refractivity (Wildman–Crippen MR) is 54.9 cm³/mol. The van der Waals surface area contributed by atoms with Crippen LogP contribution in [0, 0.1) is 5.92 Å². The van der Waals surface area contributed by atoms with Crippen molar-refractivity contribution < 1.29 is 0 Å². The molecule has 1 rings (SSSR count). The first-order chi connectivity index (χ1) is 5.93. The molecule has 0 saturated heterocycles. The van der Waals surface area contributed by atoms with Gasteiger partial charge in [0.05, 0.1) is 0 Å². The van der Waals surface area contributed by atoms with Crippen molar-refractivity contribution in [3.8, 4) is 0 Å². The predicted octanol–water partition coefficient (Wildman–Crippen LogP) is 3.42. The molecule has 0 radical (unpaired) electrons. The molecule has 0 bridgehead atoms. The van der Waals surface area contributed by atoms with Gasteiger partial charge in [-0.05, 0) is 12.3 Å². The van der Waals surface area contributed by atoms with Gasteiger partial charge in [-0.3, -0.25) is 0 Å². The van der Waals surface area contributed by atoms with Crippen molar-refractivity contribution in [1.82, 2.24) is 0 Å². The average Bonchev–Trinajstić information content (AvgIpc) is 2.14. The standard InChI is InChI=1S/C12H14/c1-2-3-4-6-9-12-10-7-5-8-11-12/h2-10,12H,1,11H2. The molecule has 0 spiro atoms. The molecule has 1 unspecified atom stereocenters. The zero-order valence-corrected chi connectivity index (χ0v) is 7.19. The fourth-order valence-electron chi connectivity index (χ4n) is 1.09. The summed E-state index contributed by atoms with van der Waals surface area (Å²) in [6.45, 7) is 3.60. The van der Waals surface area contributed by atoms with Crippen molar-refractivity contribution in [2.24, 2.45) is 5.92 Å². The van der Waals surface area contributed by atoms with Crippen molar-refractivity contribution in [3.63, 3.8) is 0 Å². The van der Waals surface area contributed by atoms with Gasteiger partial charge < -0.3 is 0 Å². The minimum absolute atomic E-state index is 0.574. The smallest absolute Gasteiger partial charge is 0.00126 e. The average molecular weight is 158 g/mol. The molecule has 0 fully saturated rings. The van der Waals surface area contributed by atoms with Gasteiger partial charge in [0.2, 0.25) is 0 Å². The minimum Gasteiger partial charge on any atom is -0.0991 e. The molecule has 0 aromatic heterocycles. The highest BCUT2D eigenvalue weighted by molar-refractivity contribution is 5.18.